The van der Waals surface area contributed by atoms with Gasteiger partial charge in [0.15, 0.2) is 0 Å². The zero-order valence-corrected chi connectivity index (χ0v) is 27.6. The summed E-state index contributed by atoms with van der Waals surface area (Å²) >= 11 is 0. The second-order valence-corrected chi connectivity index (χ2v) is 13.8. The summed E-state index contributed by atoms with van der Waals surface area (Å²) in [6.07, 6.45) is 12.7. The minimum Gasteiger partial charge on any atom is -0.508 e. The SMILES string of the molecule is CC(C)(C)OC(=O)N1CCC(n2cc(-c3cc(-c4ccc(N5CCC(c6ccc(O)cc6)CC5)nc4)c4c(C#N)cnn4c3)cn2)CC1. The number of nitrogens with zero attached hydrogens (tertiary/aromatic N) is 8. The smallest absolute Gasteiger partial charge is 0.410 e. The molecular weight excluding hydrogens is 604 g/mol. The highest BCUT2D eigenvalue weighted by Crippen LogP contribution is 2.35. The molecule has 0 spiro atoms. The standard InChI is InChI=1S/C37H40N8O3/c1-37(2,3)48-36(47)43-16-12-31(13-17-43)44-24-30(22-40-44)28-18-33(35-29(19-38)21-41-45(35)23-28)27-6-9-34(39-20-27)42-14-10-26(11-15-42)25-4-7-32(46)8-5-25/h4-9,18,20-24,26,31,46H,10-17H2,1-3H3. The predicted octanol–water partition coefficient (Wildman–Crippen LogP) is 6.79. The third-order valence-electron chi connectivity index (χ3n) is 9.40. The molecule has 7 rings (SSSR count). The number of carbonyl (C=O) groups excluding carboxylic acids is 1. The number of piperidine rings is 2. The molecule has 1 aromatic carbocycles. The van der Waals surface area contributed by atoms with Crippen LogP contribution >= 0.6 is 0 Å². The topological polar surface area (TPSA) is 125 Å². The van der Waals surface area contributed by atoms with Crippen LogP contribution in [0.4, 0.5) is 10.6 Å². The number of benzene rings is 1. The highest BCUT2D eigenvalue weighted by atomic mass is 16.6. The summed E-state index contributed by atoms with van der Waals surface area (Å²) in [6, 6.07) is 16.3. The van der Waals surface area contributed by atoms with Crippen LogP contribution in [0.5, 0.6) is 5.75 Å². The molecule has 1 N–H and O–H groups in total. The van der Waals surface area contributed by atoms with E-state index in [9.17, 15) is 15.2 Å². The number of likely N-dealkylation sites (tertiary alicyclic amines) is 1. The van der Waals surface area contributed by atoms with E-state index in [0.717, 1.165) is 72.4 Å². The quantitative estimate of drug-likeness (QED) is 0.222. The van der Waals surface area contributed by atoms with Crippen molar-refractivity contribution < 1.29 is 14.6 Å². The summed E-state index contributed by atoms with van der Waals surface area (Å²) < 4.78 is 9.32. The van der Waals surface area contributed by atoms with Crippen LogP contribution in [-0.2, 0) is 4.74 Å². The number of phenolic OH excluding ortho intramolecular Hbond substituents is 1. The molecule has 0 atom stereocenters. The molecule has 2 saturated heterocycles. The first-order valence-corrected chi connectivity index (χ1v) is 16.6. The molecule has 6 heterocycles. The number of rotatable bonds is 5. The van der Waals surface area contributed by atoms with E-state index in [4.69, 9.17) is 14.8 Å². The minimum atomic E-state index is -0.515. The average molecular weight is 645 g/mol. The highest BCUT2D eigenvalue weighted by molar-refractivity contribution is 5.87. The van der Waals surface area contributed by atoms with Crippen LogP contribution in [0.25, 0.3) is 27.8 Å². The first-order chi connectivity index (χ1) is 23.1. The van der Waals surface area contributed by atoms with Crippen molar-refractivity contribution in [2.45, 2.75) is 64.0 Å². The zero-order chi connectivity index (χ0) is 33.4. The number of ether oxygens (including phenoxy) is 1. The van der Waals surface area contributed by atoms with E-state index in [1.807, 2.05) is 56.2 Å². The maximum absolute atomic E-state index is 12.5. The number of pyridine rings is 2. The van der Waals surface area contributed by atoms with E-state index in [2.05, 4.69) is 40.5 Å². The number of phenols is 1. The molecule has 2 aliphatic rings. The first-order valence-electron chi connectivity index (χ1n) is 16.6. The fourth-order valence-corrected chi connectivity index (χ4v) is 6.83. The van der Waals surface area contributed by atoms with Gasteiger partial charge in [-0.3, -0.25) is 4.68 Å². The number of amides is 1. The van der Waals surface area contributed by atoms with Gasteiger partial charge in [0.25, 0.3) is 0 Å². The maximum Gasteiger partial charge on any atom is 0.410 e. The van der Waals surface area contributed by atoms with Crippen LogP contribution in [0.3, 0.4) is 0 Å². The Kier molecular flexibility index (Phi) is 8.25. The van der Waals surface area contributed by atoms with Crippen molar-refractivity contribution in [1.29, 1.82) is 5.26 Å². The van der Waals surface area contributed by atoms with Gasteiger partial charge in [-0.05, 0) is 88.3 Å². The number of hydrogen-bond donors (Lipinski definition) is 1. The van der Waals surface area contributed by atoms with Crippen molar-refractivity contribution >= 4 is 17.4 Å². The second-order valence-electron chi connectivity index (χ2n) is 13.8. The maximum atomic E-state index is 12.5. The summed E-state index contributed by atoms with van der Waals surface area (Å²) in [6.45, 7) is 8.70. The van der Waals surface area contributed by atoms with Gasteiger partial charge in [0.2, 0.25) is 0 Å². The van der Waals surface area contributed by atoms with Gasteiger partial charge in [0.05, 0.1) is 29.5 Å². The molecule has 2 fully saturated rings. The van der Waals surface area contributed by atoms with E-state index in [1.54, 1.807) is 27.7 Å². The number of nitriles is 1. The van der Waals surface area contributed by atoms with Gasteiger partial charge in [-0.2, -0.15) is 15.5 Å². The van der Waals surface area contributed by atoms with Crippen molar-refractivity contribution in [1.82, 2.24) is 29.3 Å². The summed E-state index contributed by atoms with van der Waals surface area (Å²) in [5, 5.41) is 28.8. The van der Waals surface area contributed by atoms with Gasteiger partial charge in [-0.1, -0.05) is 12.1 Å². The largest absolute Gasteiger partial charge is 0.508 e. The van der Waals surface area contributed by atoms with E-state index in [0.29, 0.717) is 30.3 Å². The lowest BCUT2D eigenvalue weighted by Gasteiger charge is -2.33. The van der Waals surface area contributed by atoms with Crippen LogP contribution in [0.2, 0.25) is 0 Å². The molecule has 0 bridgehead atoms. The van der Waals surface area contributed by atoms with Gasteiger partial charge < -0.3 is 19.6 Å². The van der Waals surface area contributed by atoms with E-state index >= 15 is 0 Å². The van der Waals surface area contributed by atoms with E-state index in [1.165, 1.54) is 5.56 Å². The molecule has 4 aromatic heterocycles. The number of fused-ring (bicyclic) bond motifs is 1. The summed E-state index contributed by atoms with van der Waals surface area (Å²) in [4.78, 5) is 21.5. The van der Waals surface area contributed by atoms with Crippen molar-refractivity contribution in [2.24, 2.45) is 0 Å². The van der Waals surface area contributed by atoms with Crippen LogP contribution in [0.1, 0.15) is 69.5 Å². The van der Waals surface area contributed by atoms with Gasteiger partial charge in [-0.25, -0.2) is 14.3 Å². The minimum absolute atomic E-state index is 0.179. The van der Waals surface area contributed by atoms with Crippen molar-refractivity contribution in [3.05, 3.63) is 84.6 Å². The lowest BCUT2D eigenvalue weighted by Crippen LogP contribution is -2.42. The number of anilines is 1. The lowest BCUT2D eigenvalue weighted by atomic mass is 9.89. The summed E-state index contributed by atoms with van der Waals surface area (Å²) in [7, 11) is 0. The monoisotopic (exact) mass is 644 g/mol. The Balaban J connectivity index is 1.08. The number of carbonyl (C=O) groups is 1. The van der Waals surface area contributed by atoms with Gasteiger partial charge in [0, 0.05) is 67.0 Å². The summed E-state index contributed by atoms with van der Waals surface area (Å²) in [5.41, 5.74) is 5.66. The average Bonchev–Trinajstić information content (AvgIpc) is 3.76. The van der Waals surface area contributed by atoms with Crippen molar-refractivity contribution in [3.8, 4) is 34.1 Å². The van der Waals surface area contributed by atoms with Crippen LogP contribution in [0, 0.1) is 11.3 Å². The molecule has 1 amide bonds. The number of hydrogen-bond acceptors (Lipinski definition) is 8. The number of aromatic nitrogens is 5. The molecule has 0 saturated carbocycles. The molecular formula is C37H40N8O3. The molecule has 0 unspecified atom stereocenters. The van der Waals surface area contributed by atoms with Crippen LogP contribution in [-0.4, -0.2) is 72.3 Å². The van der Waals surface area contributed by atoms with Crippen LogP contribution in [0.15, 0.2) is 73.4 Å². The van der Waals surface area contributed by atoms with Crippen molar-refractivity contribution in [3.63, 3.8) is 0 Å². The Morgan fingerprint density at radius 2 is 1.65 bits per heavy atom. The molecule has 0 aliphatic carbocycles. The Bertz CT molecular complexity index is 1950. The summed E-state index contributed by atoms with van der Waals surface area (Å²) in [5.74, 6) is 1.70. The van der Waals surface area contributed by atoms with Gasteiger partial charge >= 0.3 is 6.09 Å². The van der Waals surface area contributed by atoms with Gasteiger partial charge in [-0.15, -0.1) is 0 Å². The molecule has 48 heavy (non-hydrogen) atoms. The molecule has 11 heteroatoms. The Hall–Kier alpha value is -5.37. The molecule has 2 aliphatic heterocycles. The fraction of sp³-hybridized carbons (Fsp3) is 0.378. The normalized spacial score (nSPS) is 16.3. The fourth-order valence-electron chi connectivity index (χ4n) is 6.83. The molecule has 0 radical (unpaired) electrons. The van der Waals surface area contributed by atoms with E-state index in [-0.39, 0.29) is 12.1 Å². The third-order valence-corrected chi connectivity index (χ3v) is 9.40. The molecule has 246 valence electrons. The van der Waals surface area contributed by atoms with Crippen LogP contribution < -0.4 is 4.90 Å². The molecule has 11 nitrogen and oxygen atoms in total. The first kappa shape index (κ1) is 31.2. The van der Waals surface area contributed by atoms with E-state index < -0.39 is 5.60 Å². The second kappa shape index (κ2) is 12.7. The predicted molar refractivity (Wildman–Crippen MR) is 183 cm³/mol. The zero-order valence-electron chi connectivity index (χ0n) is 27.6. The highest BCUT2D eigenvalue weighted by Gasteiger charge is 2.28. The Labute approximate surface area is 280 Å². The van der Waals surface area contributed by atoms with Gasteiger partial charge in [0.1, 0.15) is 23.2 Å². The number of aromatic hydroxyl groups is 1. The Morgan fingerprint density at radius 3 is 2.31 bits per heavy atom. The lowest BCUT2D eigenvalue weighted by molar-refractivity contribution is 0.0184. The third kappa shape index (κ3) is 6.43. The van der Waals surface area contributed by atoms with Crippen molar-refractivity contribution in [2.75, 3.05) is 31.1 Å². The molecule has 5 aromatic rings. The Morgan fingerprint density at radius 1 is 0.896 bits per heavy atom.